The van der Waals surface area contributed by atoms with Gasteiger partial charge in [-0.1, -0.05) is 31.2 Å². The van der Waals surface area contributed by atoms with Gasteiger partial charge in [0.2, 0.25) is 5.95 Å². The monoisotopic (exact) mass is 377 g/mol. The van der Waals surface area contributed by atoms with Crippen LogP contribution in [0.4, 0.5) is 5.95 Å². The van der Waals surface area contributed by atoms with Crippen LogP contribution in [-0.4, -0.2) is 43.8 Å². The predicted octanol–water partition coefficient (Wildman–Crippen LogP) is 3.23. The topological polar surface area (TPSA) is 102 Å². The molecule has 0 unspecified atom stereocenters. The summed E-state index contributed by atoms with van der Waals surface area (Å²) in [5, 5.41) is 17.8. The van der Waals surface area contributed by atoms with Crippen LogP contribution < -0.4 is 10.1 Å². The van der Waals surface area contributed by atoms with Gasteiger partial charge in [-0.15, -0.1) is 5.10 Å². The highest BCUT2D eigenvalue weighted by Gasteiger charge is 2.20. The molecule has 28 heavy (non-hydrogen) atoms. The molecule has 2 N–H and O–H groups in total. The minimum Gasteiger partial charge on any atom is -0.497 e. The highest BCUT2D eigenvalue weighted by molar-refractivity contribution is 5.93. The molecule has 0 aliphatic heterocycles. The van der Waals surface area contributed by atoms with Crippen LogP contribution in [0.2, 0.25) is 0 Å². The summed E-state index contributed by atoms with van der Waals surface area (Å²) in [7, 11) is 1.60. The summed E-state index contributed by atoms with van der Waals surface area (Å²) >= 11 is 0. The quantitative estimate of drug-likeness (QED) is 0.532. The van der Waals surface area contributed by atoms with E-state index < -0.39 is 12.0 Å². The molecular formula is C20H19N5O3. The normalized spacial score (nSPS) is 12.2. The van der Waals surface area contributed by atoms with Gasteiger partial charge in [0.1, 0.15) is 11.8 Å². The van der Waals surface area contributed by atoms with Gasteiger partial charge in [0, 0.05) is 10.9 Å². The van der Waals surface area contributed by atoms with Crippen molar-refractivity contribution in [1.82, 2.24) is 19.6 Å². The summed E-state index contributed by atoms with van der Waals surface area (Å²) in [5.74, 6) is 0.599. The third kappa shape index (κ3) is 3.09. The molecule has 0 aliphatic carbocycles. The van der Waals surface area contributed by atoms with Gasteiger partial charge < -0.3 is 15.2 Å². The summed E-state index contributed by atoms with van der Waals surface area (Å²) < 4.78 is 6.84. The van der Waals surface area contributed by atoms with Crippen molar-refractivity contribution in [3.05, 3.63) is 48.5 Å². The first kappa shape index (κ1) is 17.7. The van der Waals surface area contributed by atoms with Gasteiger partial charge in [0.15, 0.2) is 11.5 Å². The molecule has 0 amide bonds. The van der Waals surface area contributed by atoms with Crippen LogP contribution in [0.25, 0.3) is 27.9 Å². The Morgan fingerprint density at radius 1 is 1.21 bits per heavy atom. The average molecular weight is 377 g/mol. The van der Waals surface area contributed by atoms with E-state index in [1.54, 1.807) is 18.5 Å². The van der Waals surface area contributed by atoms with Crippen molar-refractivity contribution >= 4 is 28.5 Å². The van der Waals surface area contributed by atoms with Crippen LogP contribution in [0.15, 0.2) is 48.5 Å². The summed E-state index contributed by atoms with van der Waals surface area (Å²) in [6.07, 6.45) is 0.406. The number of aromatic nitrogens is 4. The van der Waals surface area contributed by atoms with E-state index in [1.807, 2.05) is 48.5 Å². The first-order valence-corrected chi connectivity index (χ1v) is 8.90. The molecule has 1 atom stereocenters. The first-order chi connectivity index (χ1) is 13.6. The standard InChI is InChI=1S/C20H19N5O3/c1-3-15(19(26)27)21-20-22-16-10-5-4-9-14(16)18-23-17(24-25(18)20)12-7-6-8-13(11-12)28-2/h4-11,15H,3H2,1-2H3,(H,21,22)(H,26,27)/t15-/m1/s1. The Kier molecular flexibility index (Phi) is 4.52. The molecule has 8 nitrogen and oxygen atoms in total. The summed E-state index contributed by atoms with van der Waals surface area (Å²) in [5.41, 5.74) is 2.11. The maximum absolute atomic E-state index is 11.5. The molecule has 0 radical (unpaired) electrons. The number of fused-ring (bicyclic) bond motifs is 3. The minimum atomic E-state index is -0.946. The number of rotatable bonds is 6. The second kappa shape index (κ2) is 7.15. The van der Waals surface area contributed by atoms with E-state index in [4.69, 9.17) is 9.72 Å². The predicted molar refractivity (Wildman–Crippen MR) is 106 cm³/mol. The van der Waals surface area contributed by atoms with Gasteiger partial charge in [0.25, 0.3) is 0 Å². The number of carboxylic acids is 1. The SMILES string of the molecule is CC[C@@H](Nc1nc2ccccc2c2nc(-c3cccc(OC)c3)nn12)C(=O)O. The van der Waals surface area contributed by atoms with Crippen LogP contribution in [0.3, 0.4) is 0 Å². The lowest BCUT2D eigenvalue weighted by atomic mass is 10.2. The zero-order valence-corrected chi connectivity index (χ0v) is 15.5. The van der Waals surface area contributed by atoms with Gasteiger partial charge in [-0.05, 0) is 30.7 Å². The number of hydrogen-bond acceptors (Lipinski definition) is 6. The smallest absolute Gasteiger partial charge is 0.326 e. The van der Waals surface area contributed by atoms with Crippen LogP contribution >= 0.6 is 0 Å². The molecule has 0 aliphatic rings. The molecule has 0 fully saturated rings. The van der Waals surface area contributed by atoms with Crippen molar-refractivity contribution in [2.75, 3.05) is 12.4 Å². The van der Waals surface area contributed by atoms with Gasteiger partial charge >= 0.3 is 5.97 Å². The van der Waals surface area contributed by atoms with Gasteiger partial charge in [-0.25, -0.2) is 14.8 Å². The Morgan fingerprint density at radius 3 is 2.79 bits per heavy atom. The number of nitrogens with one attached hydrogen (secondary N) is 1. The van der Waals surface area contributed by atoms with E-state index in [0.717, 1.165) is 10.9 Å². The van der Waals surface area contributed by atoms with Gasteiger partial charge in [-0.2, -0.15) is 4.52 Å². The van der Waals surface area contributed by atoms with Crippen molar-refractivity contribution in [3.63, 3.8) is 0 Å². The first-order valence-electron chi connectivity index (χ1n) is 8.90. The number of aliphatic carboxylic acids is 1. The number of para-hydroxylation sites is 1. The lowest BCUT2D eigenvalue weighted by Crippen LogP contribution is -2.30. The Morgan fingerprint density at radius 2 is 2.04 bits per heavy atom. The number of hydrogen-bond donors (Lipinski definition) is 2. The second-order valence-corrected chi connectivity index (χ2v) is 6.30. The second-order valence-electron chi connectivity index (χ2n) is 6.30. The Balaban J connectivity index is 1.93. The number of methoxy groups -OCH3 is 1. The third-order valence-electron chi connectivity index (χ3n) is 4.52. The number of anilines is 1. The number of ether oxygens (including phenoxy) is 1. The molecule has 142 valence electrons. The van der Waals surface area contributed by atoms with E-state index in [1.165, 1.54) is 0 Å². The number of carboxylic acid groups (broad SMARTS) is 1. The number of nitrogens with zero attached hydrogens (tertiary/aromatic N) is 4. The molecule has 2 aromatic carbocycles. The highest BCUT2D eigenvalue weighted by Crippen LogP contribution is 2.26. The van der Waals surface area contributed by atoms with Crippen molar-refractivity contribution in [1.29, 1.82) is 0 Å². The van der Waals surface area contributed by atoms with Crippen LogP contribution in [0.5, 0.6) is 5.75 Å². The lowest BCUT2D eigenvalue weighted by molar-refractivity contribution is -0.138. The van der Waals surface area contributed by atoms with Gasteiger partial charge in [-0.3, -0.25) is 0 Å². The molecule has 2 heterocycles. The van der Waals surface area contributed by atoms with E-state index in [9.17, 15) is 9.90 Å². The van der Waals surface area contributed by atoms with Crippen LogP contribution in [0.1, 0.15) is 13.3 Å². The summed E-state index contributed by atoms with van der Waals surface area (Å²) in [6.45, 7) is 1.80. The average Bonchev–Trinajstić information content (AvgIpc) is 3.17. The van der Waals surface area contributed by atoms with E-state index in [-0.39, 0.29) is 0 Å². The molecule has 8 heteroatoms. The Bertz CT molecular complexity index is 1170. The van der Waals surface area contributed by atoms with Crippen molar-refractivity contribution in [3.8, 4) is 17.1 Å². The maximum atomic E-state index is 11.5. The molecule has 2 aromatic heterocycles. The van der Waals surface area contributed by atoms with E-state index in [0.29, 0.717) is 35.1 Å². The third-order valence-corrected chi connectivity index (χ3v) is 4.52. The van der Waals surface area contributed by atoms with Crippen molar-refractivity contribution < 1.29 is 14.6 Å². The lowest BCUT2D eigenvalue weighted by Gasteiger charge is -2.14. The summed E-state index contributed by atoms with van der Waals surface area (Å²) in [6, 6.07) is 14.3. The van der Waals surface area contributed by atoms with E-state index in [2.05, 4.69) is 15.4 Å². The molecule has 0 bridgehead atoms. The fraction of sp³-hybridized carbons (Fsp3) is 0.200. The fourth-order valence-corrected chi connectivity index (χ4v) is 3.03. The zero-order valence-electron chi connectivity index (χ0n) is 15.5. The van der Waals surface area contributed by atoms with E-state index >= 15 is 0 Å². The molecular weight excluding hydrogens is 358 g/mol. The number of carbonyl (C=O) groups is 1. The largest absolute Gasteiger partial charge is 0.497 e. The zero-order chi connectivity index (χ0) is 19.7. The number of benzene rings is 2. The Labute approximate surface area is 160 Å². The molecule has 4 aromatic rings. The van der Waals surface area contributed by atoms with Gasteiger partial charge in [0.05, 0.1) is 12.6 Å². The maximum Gasteiger partial charge on any atom is 0.326 e. The molecule has 0 saturated carbocycles. The Hall–Kier alpha value is -3.68. The van der Waals surface area contributed by atoms with Crippen LogP contribution in [0, 0.1) is 0 Å². The fourth-order valence-electron chi connectivity index (χ4n) is 3.03. The highest BCUT2D eigenvalue weighted by atomic mass is 16.5. The minimum absolute atomic E-state index is 0.338. The molecule has 0 saturated heterocycles. The molecule has 4 rings (SSSR count). The molecule has 0 spiro atoms. The van der Waals surface area contributed by atoms with Crippen molar-refractivity contribution in [2.24, 2.45) is 0 Å². The van der Waals surface area contributed by atoms with Crippen molar-refractivity contribution in [2.45, 2.75) is 19.4 Å². The van der Waals surface area contributed by atoms with Crippen LogP contribution in [-0.2, 0) is 4.79 Å². The summed E-state index contributed by atoms with van der Waals surface area (Å²) in [4.78, 5) is 20.8.